The van der Waals surface area contributed by atoms with Gasteiger partial charge in [-0.25, -0.2) is 4.79 Å². The number of rotatable bonds is 2. The van der Waals surface area contributed by atoms with Crippen LogP contribution in [0.1, 0.15) is 12.5 Å². The Bertz CT molecular complexity index is 568. The number of carboxylic acid groups (broad SMARTS) is 1. The lowest BCUT2D eigenvalue weighted by atomic mass is 9.99. The zero-order valence-corrected chi connectivity index (χ0v) is 10.2. The average Bonchev–Trinajstić information content (AvgIpc) is 2.27. The van der Waals surface area contributed by atoms with Crippen molar-refractivity contribution in [1.82, 2.24) is 0 Å². The molecule has 2 rings (SSSR count). The standard InChI is InChI=1S/C14H12O2.ClH/c1-10(9-14(15)16)12-8-4-6-11-5-2-3-7-13(11)12;/h2-9H,1H3,(H,15,16);1H. The van der Waals surface area contributed by atoms with Gasteiger partial charge in [-0.1, -0.05) is 42.5 Å². The van der Waals surface area contributed by atoms with Crippen LogP contribution in [0.3, 0.4) is 0 Å². The Morgan fingerprint density at radius 1 is 1.12 bits per heavy atom. The fourth-order valence-electron chi connectivity index (χ4n) is 1.83. The molecule has 2 aromatic carbocycles. The van der Waals surface area contributed by atoms with Gasteiger partial charge in [0.05, 0.1) is 0 Å². The molecule has 1 N–H and O–H groups in total. The molecule has 0 aliphatic carbocycles. The maximum atomic E-state index is 10.6. The van der Waals surface area contributed by atoms with Gasteiger partial charge in [0.15, 0.2) is 0 Å². The Morgan fingerprint density at radius 2 is 1.76 bits per heavy atom. The molecule has 0 heterocycles. The normalized spacial score (nSPS) is 11.0. The van der Waals surface area contributed by atoms with Crippen LogP contribution in [-0.4, -0.2) is 11.1 Å². The minimum absolute atomic E-state index is 0. The van der Waals surface area contributed by atoms with Gasteiger partial charge in [0, 0.05) is 6.08 Å². The topological polar surface area (TPSA) is 37.3 Å². The summed E-state index contributed by atoms with van der Waals surface area (Å²) in [6.07, 6.45) is 1.24. The summed E-state index contributed by atoms with van der Waals surface area (Å²) in [6.45, 7) is 1.82. The van der Waals surface area contributed by atoms with Crippen molar-refractivity contribution in [2.24, 2.45) is 0 Å². The van der Waals surface area contributed by atoms with Crippen LogP contribution in [0.5, 0.6) is 0 Å². The van der Waals surface area contributed by atoms with Gasteiger partial charge in [0.1, 0.15) is 0 Å². The van der Waals surface area contributed by atoms with E-state index >= 15 is 0 Å². The maximum absolute atomic E-state index is 10.6. The summed E-state index contributed by atoms with van der Waals surface area (Å²) in [5, 5.41) is 10.9. The molecule has 2 aromatic rings. The molecule has 2 nitrogen and oxygen atoms in total. The number of allylic oxidation sites excluding steroid dienone is 1. The highest BCUT2D eigenvalue weighted by Gasteiger charge is 2.03. The molecule has 0 radical (unpaired) electrons. The van der Waals surface area contributed by atoms with Crippen LogP contribution in [0.2, 0.25) is 0 Å². The summed E-state index contributed by atoms with van der Waals surface area (Å²) >= 11 is 0. The Kier molecular flexibility index (Phi) is 4.30. The van der Waals surface area contributed by atoms with Gasteiger partial charge in [-0.3, -0.25) is 0 Å². The van der Waals surface area contributed by atoms with Crippen molar-refractivity contribution in [2.75, 3.05) is 0 Å². The fourth-order valence-corrected chi connectivity index (χ4v) is 1.83. The van der Waals surface area contributed by atoms with Crippen molar-refractivity contribution in [3.8, 4) is 0 Å². The predicted octanol–water partition coefficient (Wildman–Crippen LogP) is 3.75. The minimum atomic E-state index is -0.912. The second-order valence-electron chi connectivity index (χ2n) is 3.69. The molecule has 0 fully saturated rings. The second-order valence-corrected chi connectivity index (χ2v) is 3.69. The SMILES string of the molecule is CC(=CC(=O)O)c1cccc2ccccc12.Cl. The van der Waals surface area contributed by atoms with Crippen LogP contribution in [0, 0.1) is 0 Å². The van der Waals surface area contributed by atoms with E-state index in [4.69, 9.17) is 5.11 Å². The molecule has 88 valence electrons. The van der Waals surface area contributed by atoms with Crippen LogP contribution >= 0.6 is 12.4 Å². The van der Waals surface area contributed by atoms with E-state index in [1.807, 2.05) is 49.4 Å². The van der Waals surface area contributed by atoms with Gasteiger partial charge in [0.2, 0.25) is 0 Å². The number of hydrogen-bond acceptors (Lipinski definition) is 1. The second kappa shape index (κ2) is 5.51. The summed E-state index contributed by atoms with van der Waals surface area (Å²) in [6, 6.07) is 13.9. The molecule has 0 saturated carbocycles. The lowest BCUT2D eigenvalue weighted by Gasteiger charge is -2.05. The highest BCUT2D eigenvalue weighted by Crippen LogP contribution is 2.24. The molecule has 0 aliphatic rings. The first-order valence-corrected chi connectivity index (χ1v) is 5.08. The van der Waals surface area contributed by atoms with Crippen molar-refractivity contribution in [3.05, 3.63) is 54.1 Å². The third kappa shape index (κ3) is 2.86. The lowest BCUT2D eigenvalue weighted by Crippen LogP contribution is -1.90. The van der Waals surface area contributed by atoms with Gasteiger partial charge < -0.3 is 5.11 Å². The summed E-state index contributed by atoms with van der Waals surface area (Å²) in [5.74, 6) is -0.912. The van der Waals surface area contributed by atoms with E-state index in [1.165, 1.54) is 6.08 Å². The molecular formula is C14H13ClO2. The first-order chi connectivity index (χ1) is 7.68. The smallest absolute Gasteiger partial charge is 0.328 e. The highest BCUT2D eigenvalue weighted by molar-refractivity contribution is 5.98. The number of carbonyl (C=O) groups is 1. The number of hydrogen-bond donors (Lipinski definition) is 1. The summed E-state index contributed by atoms with van der Waals surface area (Å²) in [7, 11) is 0. The van der Waals surface area contributed by atoms with Gasteiger partial charge in [-0.2, -0.15) is 0 Å². The summed E-state index contributed by atoms with van der Waals surface area (Å²) in [5.41, 5.74) is 1.74. The zero-order chi connectivity index (χ0) is 11.5. The number of benzene rings is 2. The highest BCUT2D eigenvalue weighted by atomic mass is 35.5. The van der Waals surface area contributed by atoms with Crippen LogP contribution < -0.4 is 0 Å². The Balaban J connectivity index is 0.00000144. The Morgan fingerprint density at radius 3 is 2.47 bits per heavy atom. The van der Waals surface area contributed by atoms with E-state index < -0.39 is 5.97 Å². The number of carboxylic acids is 1. The number of aliphatic carboxylic acids is 1. The van der Waals surface area contributed by atoms with Crippen molar-refractivity contribution in [1.29, 1.82) is 0 Å². The van der Waals surface area contributed by atoms with Crippen molar-refractivity contribution >= 4 is 34.7 Å². The van der Waals surface area contributed by atoms with Crippen molar-refractivity contribution < 1.29 is 9.90 Å². The Labute approximate surface area is 106 Å². The van der Waals surface area contributed by atoms with Crippen molar-refractivity contribution in [2.45, 2.75) is 6.92 Å². The van der Waals surface area contributed by atoms with Crippen molar-refractivity contribution in [3.63, 3.8) is 0 Å². The first-order valence-electron chi connectivity index (χ1n) is 5.08. The summed E-state index contributed by atoms with van der Waals surface area (Å²) in [4.78, 5) is 10.6. The van der Waals surface area contributed by atoms with E-state index in [-0.39, 0.29) is 12.4 Å². The van der Waals surface area contributed by atoms with Gasteiger partial charge in [-0.15, -0.1) is 12.4 Å². The van der Waals surface area contributed by atoms with E-state index in [2.05, 4.69) is 0 Å². The van der Waals surface area contributed by atoms with Crippen LogP contribution in [0.4, 0.5) is 0 Å². The lowest BCUT2D eigenvalue weighted by molar-refractivity contribution is -0.131. The van der Waals surface area contributed by atoms with Gasteiger partial charge >= 0.3 is 5.97 Å². The average molecular weight is 249 g/mol. The number of halogens is 1. The van der Waals surface area contributed by atoms with E-state index in [0.717, 1.165) is 21.9 Å². The molecule has 0 aliphatic heterocycles. The predicted molar refractivity (Wildman–Crippen MR) is 72.5 cm³/mol. The third-order valence-corrected chi connectivity index (χ3v) is 2.55. The molecule has 0 bridgehead atoms. The van der Waals surface area contributed by atoms with Crippen LogP contribution in [-0.2, 0) is 4.79 Å². The fraction of sp³-hybridized carbons (Fsp3) is 0.0714. The molecule has 17 heavy (non-hydrogen) atoms. The first kappa shape index (κ1) is 13.3. The maximum Gasteiger partial charge on any atom is 0.328 e. The third-order valence-electron chi connectivity index (χ3n) is 2.55. The molecule has 0 atom stereocenters. The minimum Gasteiger partial charge on any atom is -0.478 e. The van der Waals surface area contributed by atoms with E-state index in [9.17, 15) is 4.79 Å². The Hall–Kier alpha value is -1.80. The zero-order valence-electron chi connectivity index (χ0n) is 9.38. The van der Waals surface area contributed by atoms with Gasteiger partial charge in [-0.05, 0) is 28.8 Å². The molecule has 0 unspecified atom stereocenters. The summed E-state index contributed by atoms with van der Waals surface area (Å²) < 4.78 is 0. The molecule has 0 aromatic heterocycles. The van der Waals surface area contributed by atoms with Gasteiger partial charge in [0.25, 0.3) is 0 Å². The quantitative estimate of drug-likeness (QED) is 0.822. The van der Waals surface area contributed by atoms with E-state index in [1.54, 1.807) is 0 Å². The largest absolute Gasteiger partial charge is 0.478 e. The molecule has 0 amide bonds. The molecule has 0 spiro atoms. The van der Waals surface area contributed by atoms with E-state index in [0.29, 0.717) is 0 Å². The molecule has 3 heteroatoms. The number of fused-ring (bicyclic) bond motifs is 1. The molecule has 0 saturated heterocycles. The van der Waals surface area contributed by atoms with Crippen LogP contribution in [0.25, 0.3) is 16.3 Å². The molecular weight excluding hydrogens is 236 g/mol. The van der Waals surface area contributed by atoms with Crippen LogP contribution in [0.15, 0.2) is 48.5 Å². The monoisotopic (exact) mass is 248 g/mol.